The van der Waals surface area contributed by atoms with Gasteiger partial charge in [-0.1, -0.05) is 259 Å². The van der Waals surface area contributed by atoms with Crippen molar-refractivity contribution >= 4 is 17.9 Å². The lowest BCUT2D eigenvalue weighted by Gasteiger charge is -2.39. The predicted octanol–water partition coefficient (Wildman–Crippen LogP) is 16.2. The van der Waals surface area contributed by atoms with E-state index in [0.29, 0.717) is 74.2 Å². The van der Waals surface area contributed by atoms with Crippen LogP contribution >= 0.6 is 0 Å². The molecule has 13 heteroatoms. The second-order valence-corrected chi connectivity index (χ2v) is 27.9. The molecule has 1 unspecified atom stereocenters. The van der Waals surface area contributed by atoms with Crippen molar-refractivity contribution in [2.24, 2.45) is 0 Å². The van der Waals surface area contributed by atoms with E-state index in [4.69, 9.17) is 14.2 Å². The number of aliphatic hydroxyl groups is 3. The van der Waals surface area contributed by atoms with Crippen LogP contribution in [0.15, 0.2) is 0 Å². The zero-order valence-electron chi connectivity index (χ0n) is 59.2. The number of esters is 3. The molecule has 0 aliphatic carbocycles. The Bertz CT molecular complexity index is 1410. The van der Waals surface area contributed by atoms with Crippen molar-refractivity contribution in [1.29, 1.82) is 0 Å². The van der Waals surface area contributed by atoms with E-state index in [1.54, 1.807) is 0 Å². The molecule has 0 heterocycles. The maximum Gasteiger partial charge on any atom is 0.311 e. The van der Waals surface area contributed by atoms with Crippen LogP contribution in [0.25, 0.3) is 0 Å². The third-order valence-electron chi connectivity index (χ3n) is 18.5. The number of carbonyl (C=O) groups excluding carboxylic acids is 3. The minimum atomic E-state index is -0.130. The molecule has 0 aliphatic rings. The quantitative estimate of drug-likeness (QED) is 0.0235. The maximum atomic E-state index is 12.8. The van der Waals surface area contributed by atoms with Crippen LogP contribution in [0.4, 0.5) is 0 Å². The molecule has 13 nitrogen and oxygen atoms in total. The summed E-state index contributed by atoms with van der Waals surface area (Å²) in [6.45, 7) is 19.8. The Kier molecular flexibility index (Phi) is 62.1. The molecule has 0 aromatic heterocycles. The highest BCUT2D eigenvalue weighted by Gasteiger charge is 2.30. The van der Waals surface area contributed by atoms with Gasteiger partial charge in [0, 0.05) is 6.42 Å². The van der Waals surface area contributed by atoms with E-state index in [0.717, 1.165) is 106 Å². The predicted molar refractivity (Wildman–Crippen MR) is 364 cm³/mol. The Morgan fingerprint density at radius 2 is 0.477 bits per heavy atom. The van der Waals surface area contributed by atoms with Crippen LogP contribution in [0.5, 0.6) is 0 Å². The van der Waals surface area contributed by atoms with Gasteiger partial charge in [0.15, 0.2) is 0 Å². The monoisotopic (exact) mass is 1230 g/mol. The van der Waals surface area contributed by atoms with Gasteiger partial charge in [0.25, 0.3) is 0 Å². The molecule has 0 rings (SSSR count). The number of carbonyl (C=O) groups is 3. The molecule has 1 atom stereocenters. The van der Waals surface area contributed by atoms with Gasteiger partial charge in [-0.25, -0.2) is 0 Å². The van der Waals surface area contributed by atoms with E-state index in [1.165, 1.54) is 212 Å². The van der Waals surface area contributed by atoms with E-state index in [2.05, 4.69) is 62.9 Å². The molecule has 0 saturated heterocycles. The van der Waals surface area contributed by atoms with Crippen molar-refractivity contribution in [1.82, 2.24) is 0 Å². The van der Waals surface area contributed by atoms with Crippen molar-refractivity contribution in [3.05, 3.63) is 0 Å². The molecule has 0 aliphatic heterocycles. The Hall–Kier alpha value is -1.87. The van der Waals surface area contributed by atoms with Crippen LogP contribution in [0.3, 0.4) is 0 Å². The molecule has 0 radical (unpaired) electrons. The van der Waals surface area contributed by atoms with Gasteiger partial charge in [-0.15, -0.1) is 0 Å². The van der Waals surface area contributed by atoms with Gasteiger partial charge in [-0.3, -0.25) is 14.4 Å². The highest BCUT2D eigenvalue weighted by molar-refractivity contribution is 5.70. The average molecular weight is 1230 g/mol. The van der Waals surface area contributed by atoms with Crippen molar-refractivity contribution < 1.29 is 61.8 Å². The fourth-order valence-corrected chi connectivity index (χ4v) is 12.0. The minimum Gasteiger partial charge on any atom is -0.466 e. The molecular weight excluding hydrogens is 1080 g/mol. The Labute approximate surface area is 534 Å². The zero-order chi connectivity index (χ0) is 64.0. The van der Waals surface area contributed by atoms with E-state index in [1.807, 2.05) is 0 Å². The van der Waals surface area contributed by atoms with Crippen LogP contribution in [-0.2, 0) is 28.6 Å². The molecular formula is C73H152N4O9+4. The summed E-state index contributed by atoms with van der Waals surface area (Å²) in [6.07, 6.45) is 54.3. The minimum absolute atomic E-state index is 0.0775. The molecule has 0 saturated carbocycles. The number of ether oxygens (including phenoxy) is 3. The van der Waals surface area contributed by atoms with Gasteiger partial charge in [-0.05, 0) is 25.7 Å². The number of nitrogens with zero attached hydrogens (tertiary/aromatic N) is 4. The largest absolute Gasteiger partial charge is 0.466 e. The first-order chi connectivity index (χ1) is 41.5. The lowest BCUT2D eigenvalue weighted by atomic mass is 10.0. The standard InChI is InChI=1S/C45H92N2O5.C28H60N2O4/c1-6-9-11-13-15-17-19-21-23-25-27-29-31-42-51-44(49)33-36-47(5,39-38-46(4,35-8-3)40-41-48)37-34-45(50)52-43-32-30-28-26-24-22-20-18-16-14-12-10-7-2;1-5-6-7-8-9-10-11-12-13-14-15-16-17-27-34-28(33)19-22-29(2,3)20-18-21-30(4,23-25-31)24-26-32/h48H,6-43H2,1-5H3;31-32H,5-27H2,1-4H3/q2*+2. The summed E-state index contributed by atoms with van der Waals surface area (Å²) in [5.74, 6) is -0.338. The fourth-order valence-electron chi connectivity index (χ4n) is 12.0. The molecule has 0 aromatic carbocycles. The Morgan fingerprint density at radius 1 is 0.244 bits per heavy atom. The van der Waals surface area contributed by atoms with Gasteiger partial charge in [-0.2, -0.15) is 0 Å². The summed E-state index contributed by atoms with van der Waals surface area (Å²) in [6, 6.07) is 0. The summed E-state index contributed by atoms with van der Waals surface area (Å²) in [4.78, 5) is 37.6. The molecule has 514 valence electrons. The van der Waals surface area contributed by atoms with Gasteiger partial charge >= 0.3 is 17.9 Å². The number of rotatable bonds is 66. The van der Waals surface area contributed by atoms with Crippen LogP contribution in [0.1, 0.15) is 310 Å². The average Bonchev–Trinajstić information content (AvgIpc) is 3.59. The summed E-state index contributed by atoms with van der Waals surface area (Å²) >= 11 is 0. The third-order valence-corrected chi connectivity index (χ3v) is 18.5. The van der Waals surface area contributed by atoms with Crippen LogP contribution in [0, 0.1) is 0 Å². The van der Waals surface area contributed by atoms with Gasteiger partial charge in [0.05, 0.1) is 133 Å². The number of unbranched alkanes of at least 4 members (excludes halogenated alkanes) is 36. The van der Waals surface area contributed by atoms with E-state index >= 15 is 0 Å². The molecule has 0 bridgehead atoms. The second-order valence-electron chi connectivity index (χ2n) is 27.9. The molecule has 3 N–H and O–H groups in total. The van der Waals surface area contributed by atoms with Crippen LogP contribution in [0.2, 0.25) is 0 Å². The highest BCUT2D eigenvalue weighted by atomic mass is 16.5. The SMILES string of the molecule is CCCCCCCCCCCCCCCOC(=O)CC[N+](C)(C)CCC[N+](C)(CCO)CCO.CCCCCCCCCCCCCCCOC(=O)CC[N+](C)(CCC(=O)OCCCCCCCCCCCCCCC)CC[N+](C)(CCC)CCO. The Morgan fingerprint density at radius 3 is 0.733 bits per heavy atom. The molecule has 0 amide bonds. The topological polar surface area (TPSA) is 140 Å². The zero-order valence-corrected chi connectivity index (χ0v) is 59.2. The first kappa shape index (κ1) is 86.2. The number of aliphatic hydroxyl groups excluding tert-OH is 3. The van der Waals surface area contributed by atoms with Gasteiger partial charge < -0.3 is 47.5 Å². The van der Waals surface area contributed by atoms with E-state index in [9.17, 15) is 29.7 Å². The first-order valence-electron chi connectivity index (χ1n) is 37.1. The summed E-state index contributed by atoms with van der Waals surface area (Å²) in [7, 11) is 10.8. The number of likely N-dealkylation sites (N-methyl/N-ethyl adjacent to an activating group) is 3. The van der Waals surface area contributed by atoms with E-state index < -0.39 is 0 Å². The van der Waals surface area contributed by atoms with Crippen molar-refractivity contribution in [2.45, 2.75) is 310 Å². The lowest BCUT2D eigenvalue weighted by molar-refractivity contribution is -0.963. The smallest absolute Gasteiger partial charge is 0.311 e. The van der Waals surface area contributed by atoms with Crippen molar-refractivity contribution in [3.63, 3.8) is 0 Å². The van der Waals surface area contributed by atoms with Crippen LogP contribution in [-0.4, -0.2) is 198 Å². The van der Waals surface area contributed by atoms with Crippen molar-refractivity contribution in [3.8, 4) is 0 Å². The number of hydrogen-bond acceptors (Lipinski definition) is 9. The summed E-state index contributed by atoms with van der Waals surface area (Å²) in [5, 5.41) is 28.3. The summed E-state index contributed by atoms with van der Waals surface area (Å²) in [5.41, 5.74) is 0. The number of quaternary nitrogens is 4. The normalized spacial score (nSPS) is 12.7. The second kappa shape index (κ2) is 62.0. The van der Waals surface area contributed by atoms with Gasteiger partial charge in [0.2, 0.25) is 0 Å². The molecule has 86 heavy (non-hydrogen) atoms. The van der Waals surface area contributed by atoms with Gasteiger partial charge in [0.1, 0.15) is 32.7 Å². The molecule has 0 spiro atoms. The lowest BCUT2D eigenvalue weighted by Crippen LogP contribution is -2.56. The molecule has 0 fully saturated rings. The van der Waals surface area contributed by atoms with E-state index in [-0.39, 0.29) is 37.7 Å². The van der Waals surface area contributed by atoms with Crippen molar-refractivity contribution in [2.75, 3.05) is 147 Å². The summed E-state index contributed by atoms with van der Waals surface area (Å²) < 4.78 is 19.6. The first-order valence-corrected chi connectivity index (χ1v) is 37.1. The third kappa shape index (κ3) is 59.7. The highest BCUT2D eigenvalue weighted by Crippen LogP contribution is 2.18. The van der Waals surface area contributed by atoms with Crippen LogP contribution < -0.4 is 0 Å². The Balaban J connectivity index is 0. The fraction of sp³-hybridized carbons (Fsp3) is 0.959. The number of hydrogen-bond donors (Lipinski definition) is 3. The maximum absolute atomic E-state index is 12.8. The molecule has 0 aromatic rings.